The summed E-state index contributed by atoms with van der Waals surface area (Å²) in [5.74, 6) is 0.137. The Balaban J connectivity index is 2.20. The number of rotatable bonds is 6. The third-order valence-electron chi connectivity index (χ3n) is 2.24. The molecule has 1 aromatic rings. The topological polar surface area (TPSA) is 41.1 Å². The van der Waals surface area contributed by atoms with Gasteiger partial charge in [0.1, 0.15) is 0 Å². The minimum absolute atomic E-state index is 0.137. The molecule has 0 saturated heterocycles. The van der Waals surface area contributed by atoms with Gasteiger partial charge < -0.3 is 10.6 Å². The Morgan fingerprint density at radius 3 is 2.93 bits per heavy atom. The van der Waals surface area contributed by atoms with E-state index in [2.05, 4.69) is 29.0 Å². The van der Waals surface area contributed by atoms with Gasteiger partial charge in [-0.05, 0) is 43.9 Å². The van der Waals surface area contributed by atoms with Crippen LogP contribution in [-0.4, -0.2) is 19.5 Å². The lowest BCUT2D eigenvalue weighted by Gasteiger charge is -2.04. The number of thiophene rings is 1. The van der Waals surface area contributed by atoms with Crippen LogP contribution in [-0.2, 0) is 11.3 Å². The summed E-state index contributed by atoms with van der Waals surface area (Å²) in [7, 11) is 1.90. The molecule has 0 aliphatic heterocycles. The fraction of sp³-hybridized carbons (Fsp3) is 0.545. The standard InChI is InChI=1S/C11H18N2OS/c1-9-5-7-15-10(9)8-13-11(14)4-3-6-12-2/h5,7,12H,3-4,6,8H2,1-2H3,(H,13,14). The molecule has 4 heteroatoms. The molecule has 0 spiro atoms. The number of carbonyl (C=O) groups is 1. The molecular formula is C11H18N2OS. The quantitative estimate of drug-likeness (QED) is 0.725. The van der Waals surface area contributed by atoms with E-state index in [9.17, 15) is 4.79 Å². The highest BCUT2D eigenvalue weighted by molar-refractivity contribution is 7.10. The van der Waals surface area contributed by atoms with E-state index in [0.29, 0.717) is 13.0 Å². The van der Waals surface area contributed by atoms with Crippen molar-refractivity contribution in [1.29, 1.82) is 0 Å². The number of nitrogens with one attached hydrogen (secondary N) is 2. The predicted molar refractivity (Wildman–Crippen MR) is 64.1 cm³/mol. The van der Waals surface area contributed by atoms with Crippen LogP contribution in [0.1, 0.15) is 23.3 Å². The number of carbonyl (C=O) groups excluding carboxylic acids is 1. The van der Waals surface area contributed by atoms with Gasteiger partial charge in [-0.3, -0.25) is 4.79 Å². The number of hydrogen-bond acceptors (Lipinski definition) is 3. The van der Waals surface area contributed by atoms with Crippen molar-refractivity contribution >= 4 is 17.2 Å². The summed E-state index contributed by atoms with van der Waals surface area (Å²) >= 11 is 1.69. The summed E-state index contributed by atoms with van der Waals surface area (Å²) in [6.45, 7) is 3.63. The van der Waals surface area contributed by atoms with E-state index in [1.54, 1.807) is 11.3 Å². The van der Waals surface area contributed by atoms with E-state index in [1.165, 1.54) is 10.4 Å². The van der Waals surface area contributed by atoms with Crippen LogP contribution < -0.4 is 10.6 Å². The summed E-state index contributed by atoms with van der Waals surface area (Å²) in [6, 6.07) is 2.08. The zero-order valence-corrected chi connectivity index (χ0v) is 10.1. The molecule has 0 aliphatic rings. The summed E-state index contributed by atoms with van der Waals surface area (Å²) in [5, 5.41) is 8.01. The molecular weight excluding hydrogens is 208 g/mol. The van der Waals surface area contributed by atoms with Crippen molar-refractivity contribution in [1.82, 2.24) is 10.6 Å². The lowest BCUT2D eigenvalue weighted by molar-refractivity contribution is -0.121. The molecule has 84 valence electrons. The van der Waals surface area contributed by atoms with Crippen LogP contribution in [0.5, 0.6) is 0 Å². The molecule has 1 rings (SSSR count). The summed E-state index contributed by atoms with van der Waals surface area (Å²) in [4.78, 5) is 12.6. The molecule has 0 aromatic carbocycles. The molecule has 15 heavy (non-hydrogen) atoms. The third kappa shape index (κ3) is 4.44. The first kappa shape index (κ1) is 12.2. The number of hydrogen-bond donors (Lipinski definition) is 2. The van der Waals surface area contributed by atoms with Crippen LogP contribution in [0.15, 0.2) is 11.4 Å². The largest absolute Gasteiger partial charge is 0.351 e. The van der Waals surface area contributed by atoms with Gasteiger partial charge in [-0.25, -0.2) is 0 Å². The smallest absolute Gasteiger partial charge is 0.220 e. The molecule has 1 amide bonds. The van der Waals surface area contributed by atoms with Gasteiger partial charge in [0.15, 0.2) is 0 Å². The minimum atomic E-state index is 0.137. The van der Waals surface area contributed by atoms with Gasteiger partial charge in [0.2, 0.25) is 5.91 Å². The maximum absolute atomic E-state index is 11.4. The Labute approximate surface area is 94.9 Å². The second kappa shape index (κ2) is 6.58. The van der Waals surface area contributed by atoms with E-state index < -0.39 is 0 Å². The fourth-order valence-corrected chi connectivity index (χ4v) is 2.12. The molecule has 0 fully saturated rings. The molecule has 1 heterocycles. The van der Waals surface area contributed by atoms with Crippen LogP contribution >= 0.6 is 11.3 Å². The van der Waals surface area contributed by atoms with Gasteiger partial charge in [0.05, 0.1) is 6.54 Å². The van der Waals surface area contributed by atoms with Crippen molar-refractivity contribution in [3.8, 4) is 0 Å². The molecule has 0 unspecified atom stereocenters. The van der Waals surface area contributed by atoms with Crippen molar-refractivity contribution < 1.29 is 4.79 Å². The average molecular weight is 226 g/mol. The lowest BCUT2D eigenvalue weighted by atomic mass is 10.2. The molecule has 0 saturated carbocycles. The first-order valence-corrected chi connectivity index (χ1v) is 6.06. The number of amides is 1. The van der Waals surface area contributed by atoms with Crippen LogP contribution in [0.2, 0.25) is 0 Å². The van der Waals surface area contributed by atoms with Crippen molar-refractivity contribution in [2.75, 3.05) is 13.6 Å². The summed E-state index contributed by atoms with van der Waals surface area (Å²) in [5.41, 5.74) is 1.26. The van der Waals surface area contributed by atoms with Crippen molar-refractivity contribution in [2.24, 2.45) is 0 Å². The lowest BCUT2D eigenvalue weighted by Crippen LogP contribution is -2.23. The Morgan fingerprint density at radius 2 is 2.33 bits per heavy atom. The highest BCUT2D eigenvalue weighted by Gasteiger charge is 2.03. The van der Waals surface area contributed by atoms with E-state index in [4.69, 9.17) is 0 Å². The predicted octanol–water partition coefficient (Wildman–Crippen LogP) is 1.67. The molecule has 0 bridgehead atoms. The molecule has 0 atom stereocenters. The monoisotopic (exact) mass is 226 g/mol. The third-order valence-corrected chi connectivity index (χ3v) is 3.27. The second-order valence-corrected chi connectivity index (χ2v) is 4.51. The zero-order chi connectivity index (χ0) is 11.1. The van der Waals surface area contributed by atoms with Crippen molar-refractivity contribution in [3.05, 3.63) is 21.9 Å². The van der Waals surface area contributed by atoms with Crippen molar-refractivity contribution in [2.45, 2.75) is 26.3 Å². The van der Waals surface area contributed by atoms with E-state index in [1.807, 2.05) is 7.05 Å². The van der Waals surface area contributed by atoms with Crippen LogP contribution in [0, 0.1) is 6.92 Å². The second-order valence-electron chi connectivity index (χ2n) is 3.51. The van der Waals surface area contributed by atoms with E-state index in [-0.39, 0.29) is 5.91 Å². The van der Waals surface area contributed by atoms with Crippen molar-refractivity contribution in [3.63, 3.8) is 0 Å². The molecule has 3 nitrogen and oxygen atoms in total. The first-order chi connectivity index (χ1) is 7.24. The normalized spacial score (nSPS) is 10.3. The Kier molecular flexibility index (Phi) is 5.36. The highest BCUT2D eigenvalue weighted by atomic mass is 32.1. The highest BCUT2D eigenvalue weighted by Crippen LogP contribution is 2.14. The molecule has 1 aromatic heterocycles. The van der Waals surface area contributed by atoms with Gasteiger partial charge in [-0.2, -0.15) is 0 Å². The average Bonchev–Trinajstić information content (AvgIpc) is 2.61. The van der Waals surface area contributed by atoms with E-state index in [0.717, 1.165) is 13.0 Å². The Hall–Kier alpha value is -0.870. The Morgan fingerprint density at radius 1 is 1.53 bits per heavy atom. The van der Waals surface area contributed by atoms with Gasteiger partial charge in [-0.15, -0.1) is 11.3 Å². The van der Waals surface area contributed by atoms with Crippen LogP contribution in [0.4, 0.5) is 0 Å². The SMILES string of the molecule is CNCCCC(=O)NCc1sccc1C. The van der Waals surface area contributed by atoms with Crippen LogP contribution in [0.3, 0.4) is 0 Å². The molecule has 0 radical (unpaired) electrons. The zero-order valence-electron chi connectivity index (χ0n) is 9.30. The van der Waals surface area contributed by atoms with Gasteiger partial charge in [0, 0.05) is 11.3 Å². The maximum Gasteiger partial charge on any atom is 0.220 e. The van der Waals surface area contributed by atoms with Gasteiger partial charge in [-0.1, -0.05) is 0 Å². The molecule has 2 N–H and O–H groups in total. The fourth-order valence-electron chi connectivity index (χ4n) is 1.28. The summed E-state index contributed by atoms with van der Waals surface area (Å²) < 4.78 is 0. The minimum Gasteiger partial charge on any atom is -0.351 e. The molecule has 0 aliphatic carbocycles. The maximum atomic E-state index is 11.4. The first-order valence-electron chi connectivity index (χ1n) is 5.18. The van der Waals surface area contributed by atoms with Gasteiger partial charge in [0.25, 0.3) is 0 Å². The van der Waals surface area contributed by atoms with Crippen LogP contribution in [0.25, 0.3) is 0 Å². The summed E-state index contributed by atoms with van der Waals surface area (Å²) in [6.07, 6.45) is 1.50. The Bertz CT molecular complexity index is 309. The van der Waals surface area contributed by atoms with Gasteiger partial charge >= 0.3 is 0 Å². The number of aryl methyl sites for hydroxylation is 1. The van der Waals surface area contributed by atoms with E-state index >= 15 is 0 Å².